The molecule has 3 aromatic heterocycles. The molecule has 5 heterocycles. The maximum absolute atomic E-state index is 14.8. The Morgan fingerprint density at radius 3 is 2.86 bits per heavy atom. The molecule has 3 aromatic rings. The van der Waals surface area contributed by atoms with E-state index in [0.717, 1.165) is 25.7 Å². The van der Waals surface area contributed by atoms with E-state index in [0.29, 0.717) is 28.1 Å². The van der Waals surface area contributed by atoms with Gasteiger partial charge in [0, 0.05) is 42.0 Å². The highest BCUT2D eigenvalue weighted by atomic mass is 32.2. The van der Waals surface area contributed by atoms with Crippen molar-refractivity contribution >= 4 is 11.8 Å². The van der Waals surface area contributed by atoms with Crippen LogP contribution in [0.4, 0.5) is 4.39 Å². The van der Waals surface area contributed by atoms with Gasteiger partial charge in [-0.25, -0.2) is 19.3 Å². The van der Waals surface area contributed by atoms with Gasteiger partial charge in [-0.3, -0.25) is 9.55 Å². The molecule has 0 radical (unpaired) electrons. The Labute approximate surface area is 171 Å². The van der Waals surface area contributed by atoms with Crippen LogP contribution in [-0.4, -0.2) is 53.1 Å². The van der Waals surface area contributed by atoms with Gasteiger partial charge in [-0.05, 0) is 19.3 Å². The van der Waals surface area contributed by atoms with Crippen LogP contribution >= 0.6 is 11.8 Å². The quantitative estimate of drug-likeness (QED) is 0.680. The number of aromatic nitrogens is 5. The van der Waals surface area contributed by atoms with Crippen molar-refractivity contribution in [2.45, 2.75) is 54.2 Å². The van der Waals surface area contributed by atoms with Crippen molar-refractivity contribution in [3.8, 4) is 22.8 Å². The summed E-state index contributed by atoms with van der Waals surface area (Å²) in [4.78, 5) is 17.2. The SMILES string of the molecule is Oc1cc(-n2ccnc2)ncc1-c1cnc(S[C@@H]2C[C@H]3CCC[C@H](N3)[C@H]2F)cn1. The molecule has 0 spiro atoms. The number of aromatic hydroxyl groups is 1. The number of piperidine rings is 2. The number of hydrogen-bond acceptors (Lipinski definition) is 7. The number of halogens is 1. The van der Waals surface area contributed by atoms with Crippen LogP contribution in [-0.2, 0) is 0 Å². The molecular weight excluding hydrogens is 391 g/mol. The number of nitrogens with one attached hydrogen (secondary N) is 1. The molecule has 2 saturated heterocycles. The molecule has 7 nitrogen and oxygen atoms in total. The van der Waals surface area contributed by atoms with E-state index in [1.807, 2.05) is 0 Å². The van der Waals surface area contributed by atoms with Crippen LogP contribution in [0, 0.1) is 0 Å². The summed E-state index contributed by atoms with van der Waals surface area (Å²) in [5.74, 6) is 0.628. The van der Waals surface area contributed by atoms with Crippen molar-refractivity contribution in [3.05, 3.63) is 43.4 Å². The Morgan fingerprint density at radius 1 is 1.17 bits per heavy atom. The molecule has 0 saturated carbocycles. The molecule has 2 fully saturated rings. The zero-order chi connectivity index (χ0) is 19.8. The van der Waals surface area contributed by atoms with E-state index in [1.165, 1.54) is 11.8 Å². The van der Waals surface area contributed by atoms with E-state index in [-0.39, 0.29) is 17.0 Å². The van der Waals surface area contributed by atoms with E-state index in [1.54, 1.807) is 47.9 Å². The van der Waals surface area contributed by atoms with Gasteiger partial charge in [-0.2, -0.15) is 0 Å². The summed E-state index contributed by atoms with van der Waals surface area (Å²) in [6.45, 7) is 0. The normalized spacial score (nSPS) is 26.4. The summed E-state index contributed by atoms with van der Waals surface area (Å²) in [6, 6.07) is 1.93. The van der Waals surface area contributed by atoms with Crippen molar-refractivity contribution in [1.82, 2.24) is 29.8 Å². The van der Waals surface area contributed by atoms with Gasteiger partial charge < -0.3 is 10.4 Å². The zero-order valence-electron chi connectivity index (χ0n) is 15.6. The topological polar surface area (TPSA) is 88.8 Å². The van der Waals surface area contributed by atoms with E-state index in [2.05, 4.69) is 25.3 Å². The van der Waals surface area contributed by atoms with Gasteiger partial charge in [0.2, 0.25) is 0 Å². The molecular formula is C20H21FN6OS. The molecule has 4 atom stereocenters. The first-order valence-electron chi connectivity index (χ1n) is 9.74. The minimum atomic E-state index is -0.873. The predicted molar refractivity (Wildman–Crippen MR) is 108 cm³/mol. The van der Waals surface area contributed by atoms with Crippen LogP contribution in [0.1, 0.15) is 25.7 Å². The summed E-state index contributed by atoms with van der Waals surface area (Å²) < 4.78 is 16.5. The number of thioether (sulfide) groups is 1. The van der Waals surface area contributed by atoms with Gasteiger partial charge in [0.25, 0.3) is 0 Å². The Kier molecular flexibility index (Phi) is 4.92. The molecule has 0 aliphatic carbocycles. The van der Waals surface area contributed by atoms with Crippen molar-refractivity contribution in [3.63, 3.8) is 0 Å². The van der Waals surface area contributed by atoms with Crippen LogP contribution in [0.3, 0.4) is 0 Å². The fourth-order valence-corrected chi connectivity index (χ4v) is 5.30. The summed E-state index contributed by atoms with van der Waals surface area (Å²) in [7, 11) is 0. The average molecular weight is 412 g/mol. The predicted octanol–water partition coefficient (Wildman–Crippen LogP) is 3.14. The standard InChI is InChI=1S/C20H21FN6OS/c21-20-14-3-1-2-12(26-14)6-17(20)29-19-10-23-15(9-25-19)13-8-24-18(7-16(13)28)27-5-4-22-11-27/h4-5,7-12,14,17,20,26H,1-3,6H2,(H,24,28)/t12-,14+,17-,20-/m1/s1. The minimum Gasteiger partial charge on any atom is -0.507 e. The molecule has 0 amide bonds. The van der Waals surface area contributed by atoms with Gasteiger partial charge in [-0.15, -0.1) is 0 Å². The third kappa shape index (κ3) is 3.72. The molecule has 2 N–H and O–H groups in total. The molecule has 150 valence electrons. The number of nitrogens with zero attached hydrogens (tertiary/aromatic N) is 5. The number of alkyl halides is 1. The maximum atomic E-state index is 14.8. The van der Waals surface area contributed by atoms with E-state index in [4.69, 9.17) is 0 Å². The highest BCUT2D eigenvalue weighted by Crippen LogP contribution is 2.37. The first kappa shape index (κ1) is 18.5. The van der Waals surface area contributed by atoms with Gasteiger partial charge in [0.05, 0.1) is 23.7 Å². The average Bonchev–Trinajstić information content (AvgIpc) is 3.28. The molecule has 0 unspecified atom stereocenters. The maximum Gasteiger partial charge on any atom is 0.141 e. The lowest BCUT2D eigenvalue weighted by Crippen LogP contribution is -2.56. The summed E-state index contributed by atoms with van der Waals surface area (Å²) >= 11 is 1.46. The molecule has 29 heavy (non-hydrogen) atoms. The first-order valence-corrected chi connectivity index (χ1v) is 10.6. The zero-order valence-corrected chi connectivity index (χ0v) is 16.5. The highest BCUT2D eigenvalue weighted by Gasteiger charge is 2.40. The fraction of sp³-hybridized carbons (Fsp3) is 0.400. The molecule has 2 bridgehead atoms. The molecule has 0 aromatic carbocycles. The van der Waals surface area contributed by atoms with E-state index >= 15 is 0 Å². The van der Waals surface area contributed by atoms with Crippen molar-refractivity contribution in [1.29, 1.82) is 0 Å². The first-order chi connectivity index (χ1) is 14.2. The van der Waals surface area contributed by atoms with Gasteiger partial charge in [-0.1, -0.05) is 18.2 Å². The second-order valence-corrected chi connectivity index (χ2v) is 8.77. The number of fused-ring (bicyclic) bond motifs is 2. The molecule has 2 aliphatic rings. The molecule has 5 rings (SSSR count). The fourth-order valence-electron chi connectivity index (χ4n) is 4.11. The summed E-state index contributed by atoms with van der Waals surface area (Å²) in [5, 5.41) is 14.4. The van der Waals surface area contributed by atoms with Crippen LogP contribution in [0.2, 0.25) is 0 Å². The van der Waals surface area contributed by atoms with E-state index < -0.39 is 6.17 Å². The lowest BCUT2D eigenvalue weighted by atomic mass is 9.85. The van der Waals surface area contributed by atoms with Crippen LogP contribution < -0.4 is 5.32 Å². The largest absolute Gasteiger partial charge is 0.507 e. The second-order valence-electron chi connectivity index (χ2n) is 7.51. The Balaban J connectivity index is 1.31. The van der Waals surface area contributed by atoms with Crippen molar-refractivity contribution in [2.24, 2.45) is 0 Å². The number of hydrogen-bond donors (Lipinski definition) is 2. The third-order valence-corrected chi connectivity index (χ3v) is 6.79. The second kappa shape index (κ2) is 7.72. The number of rotatable bonds is 4. The lowest BCUT2D eigenvalue weighted by Gasteiger charge is -2.42. The Hall–Kier alpha value is -2.52. The van der Waals surface area contributed by atoms with E-state index in [9.17, 15) is 9.50 Å². The molecule has 9 heteroatoms. The summed E-state index contributed by atoms with van der Waals surface area (Å²) in [6.07, 6.45) is 12.9. The third-order valence-electron chi connectivity index (χ3n) is 5.59. The van der Waals surface area contributed by atoms with Crippen LogP contribution in [0.15, 0.2) is 48.4 Å². The van der Waals surface area contributed by atoms with Gasteiger partial charge in [0.1, 0.15) is 29.1 Å². The lowest BCUT2D eigenvalue weighted by molar-refractivity contribution is 0.137. The highest BCUT2D eigenvalue weighted by molar-refractivity contribution is 7.99. The minimum absolute atomic E-state index is 0.0377. The van der Waals surface area contributed by atoms with Crippen LogP contribution in [0.5, 0.6) is 5.75 Å². The smallest absolute Gasteiger partial charge is 0.141 e. The number of pyridine rings is 1. The molecule has 2 aliphatic heterocycles. The van der Waals surface area contributed by atoms with Crippen LogP contribution in [0.25, 0.3) is 17.1 Å². The monoisotopic (exact) mass is 412 g/mol. The van der Waals surface area contributed by atoms with Gasteiger partial charge in [0.15, 0.2) is 0 Å². The Bertz CT molecular complexity index is 983. The van der Waals surface area contributed by atoms with Crippen molar-refractivity contribution < 1.29 is 9.50 Å². The number of imidazole rings is 1. The van der Waals surface area contributed by atoms with Crippen molar-refractivity contribution in [2.75, 3.05) is 0 Å². The Morgan fingerprint density at radius 2 is 2.10 bits per heavy atom. The van der Waals surface area contributed by atoms with Gasteiger partial charge >= 0.3 is 0 Å². The summed E-state index contributed by atoms with van der Waals surface area (Å²) in [5.41, 5.74) is 1.02.